The predicted octanol–water partition coefficient (Wildman–Crippen LogP) is 3.61. The number of hydrogen-bond acceptors (Lipinski definition) is 6. The molecule has 0 radical (unpaired) electrons. The molecular formula is C22H23F4N7O. The zero-order valence-corrected chi connectivity index (χ0v) is 18.6. The number of likely N-dealkylation sites (tertiary alicyclic amines) is 1. The molecule has 0 bridgehead atoms. The van der Waals surface area contributed by atoms with Crippen LogP contribution in [-0.4, -0.2) is 74.9 Å². The molecule has 1 saturated heterocycles. The number of nitrogens with one attached hydrogen (secondary N) is 1. The van der Waals surface area contributed by atoms with E-state index in [1.165, 1.54) is 28.6 Å². The number of benzene rings is 1. The second kappa shape index (κ2) is 8.42. The lowest BCUT2D eigenvalue weighted by Crippen LogP contribution is -2.53. The fourth-order valence-corrected chi connectivity index (χ4v) is 4.42. The number of imidazole rings is 1. The minimum absolute atomic E-state index is 0.00313. The topological polar surface area (TPSA) is 72.5 Å². The summed E-state index contributed by atoms with van der Waals surface area (Å²) < 4.78 is 65.1. The quantitative estimate of drug-likeness (QED) is 0.428. The Bertz CT molecular complexity index is 1350. The first-order valence-corrected chi connectivity index (χ1v) is 10.8. The zero-order valence-electron chi connectivity index (χ0n) is 18.6. The monoisotopic (exact) mass is 477 g/mol. The lowest BCUT2D eigenvalue weighted by atomic mass is 10.0. The van der Waals surface area contributed by atoms with Crippen molar-refractivity contribution in [2.24, 2.45) is 0 Å². The molecule has 0 spiro atoms. The first kappa shape index (κ1) is 22.4. The molecule has 5 rings (SSSR count). The van der Waals surface area contributed by atoms with Crippen LogP contribution >= 0.6 is 0 Å². The van der Waals surface area contributed by atoms with Crippen molar-refractivity contribution in [3.63, 3.8) is 0 Å². The second-order valence-electron chi connectivity index (χ2n) is 8.40. The lowest BCUT2D eigenvalue weighted by molar-refractivity contribution is -0.0675. The van der Waals surface area contributed by atoms with Gasteiger partial charge in [0.05, 0.1) is 38.1 Å². The summed E-state index contributed by atoms with van der Waals surface area (Å²) in [5.74, 6) is -3.35. The molecule has 180 valence electrons. The van der Waals surface area contributed by atoms with Gasteiger partial charge in [0.15, 0.2) is 5.82 Å². The summed E-state index contributed by atoms with van der Waals surface area (Å²) in [7, 11) is 3.06. The van der Waals surface area contributed by atoms with E-state index in [0.29, 0.717) is 28.7 Å². The van der Waals surface area contributed by atoms with Crippen molar-refractivity contribution in [3.05, 3.63) is 36.5 Å². The second-order valence-corrected chi connectivity index (χ2v) is 8.40. The maximum atomic E-state index is 14.8. The highest BCUT2D eigenvalue weighted by molar-refractivity contribution is 5.90. The van der Waals surface area contributed by atoms with E-state index in [0.717, 1.165) is 0 Å². The number of alkyl halides is 3. The normalized spacial score (nSPS) is 18.6. The summed E-state index contributed by atoms with van der Waals surface area (Å²) in [6.07, 6.45) is 3.25. The minimum atomic E-state index is -2.95. The summed E-state index contributed by atoms with van der Waals surface area (Å²) in [5, 5.41) is 7.09. The van der Waals surface area contributed by atoms with Gasteiger partial charge in [0.25, 0.3) is 5.92 Å². The maximum absolute atomic E-state index is 14.8. The summed E-state index contributed by atoms with van der Waals surface area (Å²) in [6.45, 7) is -0.392. The molecule has 1 fully saturated rings. The Hall–Kier alpha value is -3.41. The van der Waals surface area contributed by atoms with Crippen LogP contribution in [0.3, 0.4) is 0 Å². The Balaban J connectivity index is 1.55. The molecule has 12 heteroatoms. The van der Waals surface area contributed by atoms with Gasteiger partial charge in [-0.25, -0.2) is 27.1 Å². The van der Waals surface area contributed by atoms with Crippen LogP contribution in [0, 0.1) is 5.82 Å². The lowest BCUT2D eigenvalue weighted by Gasteiger charge is -2.36. The van der Waals surface area contributed by atoms with Gasteiger partial charge in [-0.3, -0.25) is 0 Å². The molecule has 1 aliphatic rings. The van der Waals surface area contributed by atoms with Gasteiger partial charge in [0.2, 0.25) is 11.8 Å². The minimum Gasteiger partial charge on any atom is -0.479 e. The van der Waals surface area contributed by atoms with Crippen molar-refractivity contribution in [3.8, 4) is 17.0 Å². The van der Waals surface area contributed by atoms with Crippen LogP contribution in [0.15, 0.2) is 30.7 Å². The van der Waals surface area contributed by atoms with Crippen molar-refractivity contribution in [1.29, 1.82) is 0 Å². The van der Waals surface area contributed by atoms with E-state index in [1.54, 1.807) is 30.3 Å². The van der Waals surface area contributed by atoms with E-state index in [2.05, 4.69) is 20.4 Å². The van der Waals surface area contributed by atoms with Gasteiger partial charge in [0.1, 0.15) is 17.7 Å². The molecule has 0 unspecified atom stereocenters. The highest BCUT2D eigenvalue weighted by atomic mass is 19.3. The van der Waals surface area contributed by atoms with Crippen LogP contribution < -0.4 is 10.1 Å². The van der Waals surface area contributed by atoms with E-state index >= 15 is 0 Å². The molecule has 0 amide bonds. The average Bonchev–Trinajstić information content (AvgIpc) is 3.40. The fraction of sp³-hybridized carbons (Fsp3) is 0.409. The van der Waals surface area contributed by atoms with E-state index in [-0.39, 0.29) is 36.9 Å². The predicted molar refractivity (Wildman–Crippen MR) is 119 cm³/mol. The average molecular weight is 477 g/mol. The van der Waals surface area contributed by atoms with Crippen LogP contribution in [-0.2, 0) is 6.54 Å². The number of hydrogen-bond donors (Lipinski definition) is 1. The molecule has 1 aromatic carbocycles. The molecule has 4 aromatic rings. The van der Waals surface area contributed by atoms with Crippen LogP contribution in [0.1, 0.15) is 6.42 Å². The van der Waals surface area contributed by atoms with Crippen LogP contribution in [0.5, 0.6) is 5.88 Å². The van der Waals surface area contributed by atoms with Crippen molar-refractivity contribution < 1.29 is 22.3 Å². The number of aromatic nitrogens is 5. The summed E-state index contributed by atoms with van der Waals surface area (Å²) in [4.78, 5) is 9.92. The maximum Gasteiger partial charge on any atom is 0.280 e. The Labute approximate surface area is 192 Å². The van der Waals surface area contributed by atoms with E-state index in [4.69, 9.17) is 4.74 Å². The molecule has 0 saturated carbocycles. The molecule has 3 aromatic heterocycles. The number of anilines is 1. The molecular weight excluding hydrogens is 454 g/mol. The number of aryl methyl sites for hydroxylation is 1. The van der Waals surface area contributed by atoms with Gasteiger partial charge in [0, 0.05) is 18.3 Å². The van der Waals surface area contributed by atoms with Crippen molar-refractivity contribution >= 4 is 22.5 Å². The number of methoxy groups -OCH3 is 1. The van der Waals surface area contributed by atoms with E-state index in [9.17, 15) is 17.6 Å². The molecule has 1 aliphatic heterocycles. The standard InChI is InChI=1S/C22H23F4N7O/c1-31-6-4-17(22(25,26)11-31)28-21-29-20(34-2)19-14(3-7-33(19)30-21)13-9-15(24)18-16(10-13)32(8-5-23)12-27-18/h3,7,9-10,12,17H,4-6,8,11H2,1-2H3,(H,28,30)/t17-/m1/s1. The molecule has 8 nitrogen and oxygen atoms in total. The smallest absolute Gasteiger partial charge is 0.280 e. The van der Waals surface area contributed by atoms with E-state index < -0.39 is 24.5 Å². The van der Waals surface area contributed by atoms with E-state index in [1.807, 2.05) is 0 Å². The van der Waals surface area contributed by atoms with Crippen LogP contribution in [0.25, 0.3) is 27.7 Å². The van der Waals surface area contributed by atoms with Gasteiger partial charge in [-0.1, -0.05) is 0 Å². The third kappa shape index (κ3) is 3.81. The van der Waals surface area contributed by atoms with Crippen molar-refractivity contribution in [2.45, 2.75) is 24.9 Å². The molecule has 1 atom stereocenters. The number of ether oxygens (including phenoxy) is 1. The highest BCUT2D eigenvalue weighted by Crippen LogP contribution is 2.35. The van der Waals surface area contributed by atoms with Gasteiger partial charge in [-0.05, 0) is 37.2 Å². The first-order chi connectivity index (χ1) is 16.3. The van der Waals surface area contributed by atoms with Crippen molar-refractivity contribution in [1.82, 2.24) is 29.0 Å². The Morgan fingerprint density at radius 2 is 2.12 bits per heavy atom. The molecule has 4 heterocycles. The zero-order chi connectivity index (χ0) is 24.0. The third-order valence-corrected chi connectivity index (χ3v) is 6.08. The largest absolute Gasteiger partial charge is 0.479 e. The number of fused-ring (bicyclic) bond motifs is 2. The number of rotatable bonds is 6. The number of halogens is 4. The third-order valence-electron chi connectivity index (χ3n) is 6.08. The van der Waals surface area contributed by atoms with Crippen LogP contribution in [0.2, 0.25) is 0 Å². The molecule has 34 heavy (non-hydrogen) atoms. The number of piperidine rings is 1. The van der Waals surface area contributed by atoms with Gasteiger partial charge in [-0.15, -0.1) is 5.10 Å². The fourth-order valence-electron chi connectivity index (χ4n) is 4.42. The summed E-state index contributed by atoms with van der Waals surface area (Å²) in [6, 6.07) is 3.63. The number of nitrogens with zero attached hydrogens (tertiary/aromatic N) is 6. The SMILES string of the molecule is COc1nc(N[C@@H]2CCN(C)CC2(F)F)nn2ccc(-c3cc(F)c4ncn(CCF)c4c3)c12. The van der Waals surface area contributed by atoms with Gasteiger partial charge < -0.3 is 19.5 Å². The summed E-state index contributed by atoms with van der Waals surface area (Å²) in [5.41, 5.74) is 2.11. The van der Waals surface area contributed by atoms with Gasteiger partial charge in [-0.2, -0.15) is 4.98 Å². The summed E-state index contributed by atoms with van der Waals surface area (Å²) >= 11 is 0. The van der Waals surface area contributed by atoms with Gasteiger partial charge >= 0.3 is 0 Å². The van der Waals surface area contributed by atoms with Crippen LogP contribution in [0.4, 0.5) is 23.5 Å². The Kier molecular flexibility index (Phi) is 5.54. The highest BCUT2D eigenvalue weighted by Gasteiger charge is 2.44. The first-order valence-electron chi connectivity index (χ1n) is 10.8. The molecule has 1 N–H and O–H groups in total. The Morgan fingerprint density at radius 3 is 2.85 bits per heavy atom. The van der Waals surface area contributed by atoms with Crippen molar-refractivity contribution in [2.75, 3.05) is 39.2 Å². The Morgan fingerprint density at radius 1 is 1.29 bits per heavy atom. The molecule has 0 aliphatic carbocycles.